The third-order valence-electron chi connectivity index (χ3n) is 5.32. The van der Waals surface area contributed by atoms with Crippen molar-refractivity contribution in [3.8, 4) is 0 Å². The molecule has 0 aromatic heterocycles. The molecule has 2 N–H and O–H groups in total. The second-order valence-corrected chi connectivity index (χ2v) is 7.57. The van der Waals surface area contributed by atoms with Gasteiger partial charge in [-0.05, 0) is 61.4 Å². The number of hydrogen-bond acceptors (Lipinski definition) is 4. The SMILES string of the molecule is COC(=O)c1cccc(NC(=O)Nc2ccc3c(c2)N(C(=O)c2ccc(C)cc2)CC3)c1. The van der Waals surface area contributed by atoms with Crippen LogP contribution < -0.4 is 15.5 Å². The summed E-state index contributed by atoms with van der Waals surface area (Å²) in [6.07, 6.45) is 0.764. The first-order chi connectivity index (χ1) is 15.4. The van der Waals surface area contributed by atoms with Crippen LogP contribution in [0, 0.1) is 6.92 Å². The molecule has 162 valence electrons. The number of benzene rings is 3. The first kappa shape index (κ1) is 21.1. The molecule has 1 heterocycles. The van der Waals surface area contributed by atoms with Crippen LogP contribution in [-0.4, -0.2) is 31.6 Å². The highest BCUT2D eigenvalue weighted by atomic mass is 16.5. The van der Waals surface area contributed by atoms with E-state index < -0.39 is 12.0 Å². The average Bonchev–Trinajstić information content (AvgIpc) is 3.22. The van der Waals surface area contributed by atoms with Gasteiger partial charge in [0.05, 0.1) is 12.7 Å². The molecular weight excluding hydrogens is 406 g/mol. The molecule has 7 heteroatoms. The van der Waals surface area contributed by atoms with Gasteiger partial charge < -0.3 is 20.3 Å². The Morgan fingerprint density at radius 3 is 2.31 bits per heavy atom. The summed E-state index contributed by atoms with van der Waals surface area (Å²) in [6.45, 7) is 2.58. The number of aryl methyl sites for hydroxylation is 1. The van der Waals surface area contributed by atoms with Gasteiger partial charge in [0, 0.05) is 29.2 Å². The molecule has 3 aromatic rings. The minimum atomic E-state index is -0.481. The maximum Gasteiger partial charge on any atom is 0.337 e. The molecule has 0 fully saturated rings. The molecule has 3 amide bonds. The van der Waals surface area contributed by atoms with E-state index in [1.165, 1.54) is 13.2 Å². The fraction of sp³-hybridized carbons (Fsp3) is 0.160. The lowest BCUT2D eigenvalue weighted by Crippen LogP contribution is -2.29. The number of carbonyl (C=O) groups is 3. The molecule has 0 unspecified atom stereocenters. The van der Waals surface area contributed by atoms with Crippen LogP contribution in [0.4, 0.5) is 21.9 Å². The number of anilines is 3. The van der Waals surface area contributed by atoms with Crippen LogP contribution in [0.1, 0.15) is 31.8 Å². The van der Waals surface area contributed by atoms with E-state index in [9.17, 15) is 14.4 Å². The van der Waals surface area contributed by atoms with E-state index >= 15 is 0 Å². The molecule has 0 spiro atoms. The Bertz CT molecular complexity index is 1190. The van der Waals surface area contributed by atoms with Crippen LogP contribution in [0.2, 0.25) is 0 Å². The van der Waals surface area contributed by atoms with Crippen molar-refractivity contribution in [2.24, 2.45) is 0 Å². The minimum Gasteiger partial charge on any atom is -0.465 e. The Morgan fingerprint density at radius 2 is 1.59 bits per heavy atom. The van der Waals surface area contributed by atoms with Crippen LogP contribution in [0.3, 0.4) is 0 Å². The molecule has 1 aliphatic heterocycles. The van der Waals surface area contributed by atoms with Gasteiger partial charge in [0.15, 0.2) is 0 Å². The fourth-order valence-electron chi connectivity index (χ4n) is 3.66. The number of nitrogens with zero attached hydrogens (tertiary/aromatic N) is 1. The lowest BCUT2D eigenvalue weighted by atomic mass is 10.1. The zero-order valence-electron chi connectivity index (χ0n) is 17.8. The minimum absolute atomic E-state index is 0.0648. The molecular formula is C25H23N3O4. The predicted molar refractivity (Wildman–Crippen MR) is 123 cm³/mol. The molecule has 0 atom stereocenters. The Kier molecular flexibility index (Phi) is 5.89. The third-order valence-corrected chi connectivity index (χ3v) is 5.32. The molecule has 4 rings (SSSR count). The standard InChI is InChI=1S/C25H23N3O4/c1-16-6-8-18(9-7-16)23(29)28-13-12-17-10-11-21(15-22(17)28)27-25(31)26-20-5-3-4-19(14-20)24(30)32-2/h3-11,14-15H,12-13H2,1-2H3,(H2,26,27,31). The summed E-state index contributed by atoms with van der Waals surface area (Å²) in [6, 6.07) is 19.0. The Morgan fingerprint density at radius 1 is 0.875 bits per heavy atom. The molecule has 0 radical (unpaired) electrons. The first-order valence-electron chi connectivity index (χ1n) is 10.2. The van der Waals surface area contributed by atoms with E-state index in [0.717, 1.165) is 23.2 Å². The topological polar surface area (TPSA) is 87.7 Å². The van der Waals surface area contributed by atoms with Crippen molar-refractivity contribution >= 4 is 35.0 Å². The highest BCUT2D eigenvalue weighted by Crippen LogP contribution is 2.32. The average molecular weight is 429 g/mol. The van der Waals surface area contributed by atoms with Gasteiger partial charge in [-0.25, -0.2) is 9.59 Å². The Balaban J connectivity index is 1.48. The number of urea groups is 1. The van der Waals surface area contributed by atoms with Crippen LogP contribution >= 0.6 is 0 Å². The molecule has 0 aliphatic carbocycles. The molecule has 7 nitrogen and oxygen atoms in total. The summed E-state index contributed by atoms with van der Waals surface area (Å²) in [7, 11) is 1.30. The van der Waals surface area contributed by atoms with E-state index in [2.05, 4.69) is 10.6 Å². The number of rotatable bonds is 4. The van der Waals surface area contributed by atoms with Crippen molar-refractivity contribution < 1.29 is 19.1 Å². The summed E-state index contributed by atoms with van der Waals surface area (Å²) < 4.78 is 4.70. The summed E-state index contributed by atoms with van der Waals surface area (Å²) >= 11 is 0. The number of nitrogens with one attached hydrogen (secondary N) is 2. The highest BCUT2D eigenvalue weighted by molar-refractivity contribution is 6.08. The van der Waals surface area contributed by atoms with Crippen molar-refractivity contribution in [2.75, 3.05) is 29.2 Å². The smallest absolute Gasteiger partial charge is 0.337 e. The quantitative estimate of drug-likeness (QED) is 0.592. The van der Waals surface area contributed by atoms with Gasteiger partial charge in [-0.2, -0.15) is 0 Å². The van der Waals surface area contributed by atoms with Gasteiger partial charge in [0.2, 0.25) is 0 Å². The third kappa shape index (κ3) is 4.46. The number of amides is 3. The lowest BCUT2D eigenvalue weighted by molar-refractivity contribution is 0.0600. The first-order valence-corrected chi connectivity index (χ1v) is 10.2. The largest absolute Gasteiger partial charge is 0.465 e. The molecule has 0 bridgehead atoms. The Hall–Kier alpha value is -4.13. The molecule has 1 aliphatic rings. The van der Waals surface area contributed by atoms with Crippen molar-refractivity contribution in [3.05, 3.63) is 89.0 Å². The maximum atomic E-state index is 13.0. The molecule has 0 saturated carbocycles. The normalized spacial score (nSPS) is 12.1. The second-order valence-electron chi connectivity index (χ2n) is 7.57. The summed E-state index contributed by atoms with van der Waals surface area (Å²) in [5, 5.41) is 5.49. The van der Waals surface area contributed by atoms with Gasteiger partial charge in [0.25, 0.3) is 5.91 Å². The Labute approximate surface area is 186 Å². The lowest BCUT2D eigenvalue weighted by Gasteiger charge is -2.18. The predicted octanol–water partition coefficient (Wildman–Crippen LogP) is 4.63. The number of esters is 1. The number of hydrogen-bond donors (Lipinski definition) is 2. The van der Waals surface area contributed by atoms with E-state index in [-0.39, 0.29) is 5.91 Å². The van der Waals surface area contributed by atoms with Gasteiger partial charge >= 0.3 is 12.0 Å². The zero-order valence-corrected chi connectivity index (χ0v) is 17.8. The summed E-state index contributed by atoms with van der Waals surface area (Å²) in [5.74, 6) is -0.545. The zero-order chi connectivity index (χ0) is 22.7. The van der Waals surface area contributed by atoms with Crippen LogP contribution in [-0.2, 0) is 11.2 Å². The number of methoxy groups -OCH3 is 1. The van der Waals surface area contributed by atoms with E-state index in [1.807, 2.05) is 43.3 Å². The summed E-state index contributed by atoms with van der Waals surface area (Å²) in [4.78, 5) is 38.9. The summed E-state index contributed by atoms with van der Waals surface area (Å²) in [5.41, 5.74) is 4.94. The van der Waals surface area contributed by atoms with Crippen molar-refractivity contribution in [1.82, 2.24) is 0 Å². The molecule has 32 heavy (non-hydrogen) atoms. The van der Waals surface area contributed by atoms with Crippen LogP contribution in [0.15, 0.2) is 66.7 Å². The van der Waals surface area contributed by atoms with E-state index in [4.69, 9.17) is 4.74 Å². The maximum absolute atomic E-state index is 13.0. The van der Waals surface area contributed by atoms with Crippen LogP contribution in [0.25, 0.3) is 0 Å². The molecule has 0 saturated heterocycles. The molecule has 3 aromatic carbocycles. The van der Waals surface area contributed by atoms with Gasteiger partial charge in [-0.1, -0.05) is 29.8 Å². The van der Waals surface area contributed by atoms with Crippen molar-refractivity contribution in [2.45, 2.75) is 13.3 Å². The van der Waals surface area contributed by atoms with E-state index in [0.29, 0.717) is 29.0 Å². The van der Waals surface area contributed by atoms with Gasteiger partial charge in [-0.3, -0.25) is 4.79 Å². The van der Waals surface area contributed by atoms with Crippen molar-refractivity contribution in [1.29, 1.82) is 0 Å². The number of fused-ring (bicyclic) bond motifs is 1. The number of carbonyl (C=O) groups excluding carboxylic acids is 3. The van der Waals surface area contributed by atoms with E-state index in [1.54, 1.807) is 29.2 Å². The monoisotopic (exact) mass is 429 g/mol. The van der Waals surface area contributed by atoms with Gasteiger partial charge in [-0.15, -0.1) is 0 Å². The number of ether oxygens (including phenoxy) is 1. The highest BCUT2D eigenvalue weighted by Gasteiger charge is 2.26. The van der Waals surface area contributed by atoms with Crippen molar-refractivity contribution in [3.63, 3.8) is 0 Å². The fourth-order valence-corrected chi connectivity index (χ4v) is 3.66. The van der Waals surface area contributed by atoms with Gasteiger partial charge in [0.1, 0.15) is 0 Å². The second kappa shape index (κ2) is 8.93. The van der Waals surface area contributed by atoms with Crippen LogP contribution in [0.5, 0.6) is 0 Å².